The van der Waals surface area contributed by atoms with Crippen molar-refractivity contribution in [1.82, 2.24) is 0 Å². The van der Waals surface area contributed by atoms with Crippen molar-refractivity contribution in [3.05, 3.63) is 77.9 Å². The van der Waals surface area contributed by atoms with Crippen molar-refractivity contribution < 1.29 is 35.6 Å². The molecule has 0 radical (unpaired) electrons. The highest BCUT2D eigenvalue weighted by Gasteiger charge is 2.42. The van der Waals surface area contributed by atoms with E-state index in [0.29, 0.717) is 4.08 Å². The molecule has 10 nitrogen and oxygen atoms in total. The van der Waals surface area contributed by atoms with Crippen molar-refractivity contribution in [1.29, 1.82) is 0 Å². The van der Waals surface area contributed by atoms with Gasteiger partial charge in [0.25, 0.3) is 20.0 Å². The highest BCUT2D eigenvalue weighted by molar-refractivity contribution is 7.99. The molecule has 0 saturated carbocycles. The smallest absolute Gasteiger partial charge is 0.448 e. The van der Waals surface area contributed by atoms with Crippen LogP contribution in [0.1, 0.15) is 11.1 Å². The maximum atomic E-state index is 13.5. The molecule has 188 valence electrons. The van der Waals surface area contributed by atoms with Gasteiger partial charge in [-0.05, 0) is 56.3 Å². The quantitative estimate of drug-likeness (QED) is 0.301. The molecule has 0 atom stereocenters. The lowest BCUT2D eigenvalue weighted by atomic mass is 10.2. The lowest BCUT2D eigenvalue weighted by molar-refractivity contribution is 0.277. The molecule has 13 heteroatoms. The van der Waals surface area contributed by atoms with E-state index in [2.05, 4.69) is 4.72 Å². The lowest BCUT2D eigenvalue weighted by Gasteiger charge is -2.29. The SMILES string of the molecule is COP(=O)(OC)N(c1ccc(O)c(NS(=O)(=O)c2ccc(C)cc2)c1)S(=O)(=O)c1ccc(C)cc1. The zero-order chi connectivity index (χ0) is 26.0. The van der Waals surface area contributed by atoms with Gasteiger partial charge >= 0.3 is 7.75 Å². The molecule has 0 aliphatic rings. The third-order valence-electron chi connectivity index (χ3n) is 5.01. The van der Waals surface area contributed by atoms with Crippen LogP contribution < -0.4 is 8.80 Å². The number of nitrogens with zero attached hydrogens (tertiary/aromatic N) is 1. The van der Waals surface area contributed by atoms with E-state index >= 15 is 0 Å². The second kappa shape index (κ2) is 10.00. The van der Waals surface area contributed by atoms with Gasteiger partial charge in [-0.3, -0.25) is 13.8 Å². The highest BCUT2D eigenvalue weighted by Crippen LogP contribution is 2.56. The summed E-state index contributed by atoms with van der Waals surface area (Å²) in [5, 5.41) is 10.3. The van der Waals surface area contributed by atoms with E-state index in [9.17, 15) is 26.5 Å². The molecular weight excluding hydrogens is 515 g/mol. The van der Waals surface area contributed by atoms with E-state index in [0.717, 1.165) is 43.5 Å². The molecule has 3 aromatic carbocycles. The molecule has 3 aromatic rings. The molecule has 0 aromatic heterocycles. The van der Waals surface area contributed by atoms with Crippen LogP contribution in [0.4, 0.5) is 11.4 Å². The second-order valence-electron chi connectivity index (χ2n) is 7.51. The summed E-state index contributed by atoms with van der Waals surface area (Å²) in [5.41, 5.74) is 1.04. The van der Waals surface area contributed by atoms with E-state index in [-0.39, 0.29) is 21.2 Å². The molecule has 0 bridgehead atoms. The predicted octanol–water partition coefficient (Wildman–Crippen LogP) is 4.41. The van der Waals surface area contributed by atoms with Gasteiger partial charge < -0.3 is 5.11 Å². The molecule has 0 aliphatic heterocycles. The average Bonchev–Trinajstić information content (AvgIpc) is 2.81. The molecule has 0 spiro atoms. The molecule has 0 fully saturated rings. The number of rotatable bonds is 9. The number of aryl methyl sites for hydroxylation is 2. The molecular formula is C22H25N2O8PS2. The molecule has 35 heavy (non-hydrogen) atoms. The van der Waals surface area contributed by atoms with E-state index in [1.807, 2.05) is 0 Å². The summed E-state index contributed by atoms with van der Waals surface area (Å²) in [5.74, 6) is -0.484. The molecule has 0 amide bonds. The Balaban J connectivity index is 2.15. The topological polar surface area (TPSA) is 139 Å². The Morgan fingerprint density at radius 1 is 0.800 bits per heavy atom. The summed E-state index contributed by atoms with van der Waals surface area (Å²) >= 11 is 0. The summed E-state index contributed by atoms with van der Waals surface area (Å²) < 4.78 is 78.7. The minimum Gasteiger partial charge on any atom is -0.506 e. The number of phenols is 1. The molecule has 2 N–H and O–H groups in total. The van der Waals surface area contributed by atoms with Gasteiger partial charge in [0.1, 0.15) is 5.75 Å². The first-order valence-electron chi connectivity index (χ1n) is 10.1. The van der Waals surface area contributed by atoms with Gasteiger partial charge in [0.05, 0.1) is 21.2 Å². The average molecular weight is 541 g/mol. The summed E-state index contributed by atoms with van der Waals surface area (Å²) in [7, 11) is -11.1. The third-order valence-corrected chi connectivity index (χ3v) is 10.8. The fourth-order valence-electron chi connectivity index (χ4n) is 3.09. The third kappa shape index (κ3) is 5.52. The van der Waals surface area contributed by atoms with Gasteiger partial charge in [0.2, 0.25) is 0 Å². The van der Waals surface area contributed by atoms with E-state index < -0.39 is 33.5 Å². The van der Waals surface area contributed by atoms with Crippen LogP contribution in [-0.4, -0.2) is 36.2 Å². The van der Waals surface area contributed by atoms with Crippen molar-refractivity contribution in [3.8, 4) is 5.75 Å². The molecule has 0 heterocycles. The van der Waals surface area contributed by atoms with Crippen molar-refractivity contribution >= 4 is 39.2 Å². The summed E-state index contributed by atoms with van der Waals surface area (Å²) in [4.78, 5) is -0.274. The number of anilines is 2. The monoisotopic (exact) mass is 540 g/mol. The van der Waals surface area contributed by atoms with Crippen molar-refractivity contribution in [2.75, 3.05) is 23.0 Å². The minimum absolute atomic E-state index is 0.0727. The lowest BCUT2D eigenvalue weighted by Crippen LogP contribution is -2.29. The fraction of sp³-hybridized carbons (Fsp3) is 0.182. The van der Waals surface area contributed by atoms with Crippen LogP contribution in [0.25, 0.3) is 0 Å². The maximum absolute atomic E-state index is 13.5. The van der Waals surface area contributed by atoms with Crippen LogP contribution in [-0.2, 0) is 33.7 Å². The first-order chi connectivity index (χ1) is 16.3. The van der Waals surface area contributed by atoms with Crippen LogP contribution in [0, 0.1) is 13.8 Å². The molecule has 0 saturated heterocycles. The van der Waals surface area contributed by atoms with Crippen molar-refractivity contribution in [2.45, 2.75) is 23.6 Å². The number of hydrogen-bond acceptors (Lipinski definition) is 8. The summed E-state index contributed by atoms with van der Waals surface area (Å²) in [6.07, 6.45) is 0. The van der Waals surface area contributed by atoms with Crippen LogP contribution in [0.3, 0.4) is 0 Å². The molecule has 0 aliphatic carbocycles. The van der Waals surface area contributed by atoms with E-state index in [4.69, 9.17) is 9.05 Å². The summed E-state index contributed by atoms with van der Waals surface area (Å²) in [6, 6.07) is 15.0. The number of nitrogens with one attached hydrogen (secondary N) is 1. The van der Waals surface area contributed by atoms with Crippen LogP contribution in [0.15, 0.2) is 76.5 Å². The van der Waals surface area contributed by atoms with Crippen LogP contribution >= 0.6 is 7.75 Å². The second-order valence-corrected chi connectivity index (χ2v) is 13.3. The first-order valence-corrected chi connectivity index (χ1v) is 14.5. The Kier molecular flexibility index (Phi) is 7.63. The Bertz CT molecular complexity index is 1460. The highest BCUT2D eigenvalue weighted by atomic mass is 32.2. The van der Waals surface area contributed by atoms with Crippen molar-refractivity contribution in [3.63, 3.8) is 0 Å². The van der Waals surface area contributed by atoms with Gasteiger partial charge in [-0.15, -0.1) is 0 Å². The first kappa shape index (κ1) is 26.7. The Morgan fingerprint density at radius 3 is 1.77 bits per heavy atom. The number of benzene rings is 3. The van der Waals surface area contributed by atoms with Crippen LogP contribution in [0.2, 0.25) is 0 Å². The summed E-state index contributed by atoms with van der Waals surface area (Å²) in [6.45, 7) is 3.57. The number of sulfonamides is 2. The standard InChI is InChI=1S/C22H25N2O8PS2/c1-16-5-10-19(11-6-16)34(27,28)23-21-15-18(9-14-22(21)25)24(33(26,31-3)32-4)35(29,30)20-12-7-17(2)8-13-20/h5-15,23,25H,1-4H3. The molecule has 3 rings (SSSR count). The fourth-order valence-corrected chi connectivity index (χ4v) is 7.82. The Labute approximate surface area is 204 Å². The Morgan fingerprint density at radius 2 is 1.29 bits per heavy atom. The van der Waals surface area contributed by atoms with Gasteiger partial charge in [-0.2, -0.15) is 4.08 Å². The maximum Gasteiger partial charge on any atom is 0.448 e. The largest absolute Gasteiger partial charge is 0.506 e. The Hall–Kier alpha value is -2.89. The predicted molar refractivity (Wildman–Crippen MR) is 133 cm³/mol. The van der Waals surface area contributed by atoms with E-state index in [1.165, 1.54) is 24.3 Å². The van der Waals surface area contributed by atoms with E-state index in [1.54, 1.807) is 38.1 Å². The van der Waals surface area contributed by atoms with Gasteiger partial charge in [0.15, 0.2) is 0 Å². The zero-order valence-corrected chi connectivity index (χ0v) is 21.9. The number of aromatic hydroxyl groups is 1. The zero-order valence-electron chi connectivity index (χ0n) is 19.4. The minimum atomic E-state index is -4.52. The number of phenolic OH excluding ortho intramolecular Hbond substituents is 1. The normalized spacial score (nSPS) is 12.3. The van der Waals surface area contributed by atoms with Gasteiger partial charge in [0, 0.05) is 14.2 Å². The van der Waals surface area contributed by atoms with Crippen molar-refractivity contribution in [2.24, 2.45) is 0 Å². The number of hydrogen-bond donors (Lipinski definition) is 2. The molecule has 0 unspecified atom stereocenters. The van der Waals surface area contributed by atoms with Gasteiger partial charge in [-0.1, -0.05) is 35.4 Å². The van der Waals surface area contributed by atoms with Crippen LogP contribution in [0.5, 0.6) is 5.75 Å². The van der Waals surface area contributed by atoms with Gasteiger partial charge in [-0.25, -0.2) is 21.4 Å².